The first kappa shape index (κ1) is 19.0. The number of likely N-dealkylation sites (N-methyl/N-ethyl adjacent to an activating group) is 1. The van der Waals surface area contributed by atoms with Gasteiger partial charge in [0.1, 0.15) is 0 Å². The SMILES string of the molecule is CCN1C(=O)N(C2CCN(C(C)CCC(C)C)CC2)[C@@H]2CCCC[C@@H]21. The van der Waals surface area contributed by atoms with Gasteiger partial charge in [-0.1, -0.05) is 26.7 Å². The average Bonchev–Trinajstić information content (AvgIpc) is 2.91. The largest absolute Gasteiger partial charge is 0.320 e. The van der Waals surface area contributed by atoms with Gasteiger partial charge in [0.15, 0.2) is 0 Å². The van der Waals surface area contributed by atoms with E-state index in [0.717, 1.165) is 25.6 Å². The number of hydrogen-bond donors (Lipinski definition) is 0. The van der Waals surface area contributed by atoms with Gasteiger partial charge in [0, 0.05) is 31.7 Å². The second-order valence-electron chi connectivity index (χ2n) is 8.98. The normalized spacial score (nSPS) is 30.2. The van der Waals surface area contributed by atoms with Crippen molar-refractivity contribution in [2.24, 2.45) is 5.92 Å². The van der Waals surface area contributed by atoms with Gasteiger partial charge in [-0.15, -0.1) is 0 Å². The quantitative estimate of drug-likeness (QED) is 0.713. The number of amides is 2. The molecule has 4 nitrogen and oxygen atoms in total. The fourth-order valence-corrected chi connectivity index (χ4v) is 5.37. The van der Waals surface area contributed by atoms with Gasteiger partial charge in [-0.2, -0.15) is 0 Å². The summed E-state index contributed by atoms with van der Waals surface area (Å²) in [4.78, 5) is 20.2. The molecule has 0 bridgehead atoms. The van der Waals surface area contributed by atoms with Crippen LogP contribution in [0.2, 0.25) is 0 Å². The van der Waals surface area contributed by atoms with Gasteiger partial charge in [0.05, 0.1) is 12.1 Å². The molecular formula is C21H39N3O. The van der Waals surface area contributed by atoms with Crippen LogP contribution < -0.4 is 0 Å². The van der Waals surface area contributed by atoms with E-state index in [1.807, 2.05) is 0 Å². The van der Waals surface area contributed by atoms with Crippen molar-refractivity contribution in [2.45, 2.75) is 103 Å². The second-order valence-corrected chi connectivity index (χ2v) is 8.98. The van der Waals surface area contributed by atoms with Gasteiger partial charge in [0.25, 0.3) is 0 Å². The van der Waals surface area contributed by atoms with Gasteiger partial charge >= 0.3 is 6.03 Å². The van der Waals surface area contributed by atoms with Crippen molar-refractivity contribution in [3.05, 3.63) is 0 Å². The summed E-state index contributed by atoms with van der Waals surface area (Å²) in [6.45, 7) is 12.4. The van der Waals surface area contributed by atoms with Crippen molar-refractivity contribution in [1.82, 2.24) is 14.7 Å². The first-order valence-electron chi connectivity index (χ1n) is 10.9. The Balaban J connectivity index is 1.57. The smallest absolute Gasteiger partial charge is 0.320 e. The number of likely N-dealkylation sites (tertiary alicyclic amines) is 1. The fraction of sp³-hybridized carbons (Fsp3) is 0.952. The highest BCUT2D eigenvalue weighted by Crippen LogP contribution is 2.37. The van der Waals surface area contributed by atoms with E-state index in [0.29, 0.717) is 30.2 Å². The standard InChI is InChI=1S/C21H39N3O/c1-5-23-19-8-6-7-9-20(19)24(21(23)25)18-12-14-22(15-13-18)17(4)11-10-16(2)3/h16-20H,5-15H2,1-4H3/t17?,19-,20+/m0/s1. The molecule has 3 fully saturated rings. The van der Waals surface area contributed by atoms with Crippen LogP contribution in [0.4, 0.5) is 4.79 Å². The van der Waals surface area contributed by atoms with Gasteiger partial charge in [-0.25, -0.2) is 4.79 Å². The van der Waals surface area contributed by atoms with Gasteiger partial charge in [0.2, 0.25) is 0 Å². The molecule has 2 aliphatic heterocycles. The predicted octanol–water partition coefficient (Wildman–Crippen LogP) is 4.34. The van der Waals surface area contributed by atoms with Crippen molar-refractivity contribution in [1.29, 1.82) is 0 Å². The summed E-state index contributed by atoms with van der Waals surface area (Å²) in [5, 5.41) is 0. The third kappa shape index (κ3) is 3.99. The molecule has 3 rings (SSSR count). The summed E-state index contributed by atoms with van der Waals surface area (Å²) >= 11 is 0. The monoisotopic (exact) mass is 349 g/mol. The van der Waals surface area contributed by atoms with E-state index >= 15 is 0 Å². The first-order chi connectivity index (χ1) is 12.0. The molecule has 3 aliphatic rings. The Hall–Kier alpha value is -0.770. The Morgan fingerprint density at radius 3 is 2.20 bits per heavy atom. The van der Waals surface area contributed by atoms with Crippen LogP contribution >= 0.6 is 0 Å². The van der Waals surface area contributed by atoms with E-state index in [9.17, 15) is 4.79 Å². The Kier molecular flexibility index (Phi) is 6.30. The van der Waals surface area contributed by atoms with Crippen LogP contribution in [0.1, 0.15) is 79.1 Å². The number of hydrogen-bond acceptors (Lipinski definition) is 2. The van der Waals surface area contributed by atoms with Crippen LogP contribution in [-0.4, -0.2) is 64.5 Å². The lowest BCUT2D eigenvalue weighted by atomic mass is 9.88. The van der Waals surface area contributed by atoms with Crippen LogP contribution in [0, 0.1) is 5.92 Å². The molecule has 0 N–H and O–H groups in total. The topological polar surface area (TPSA) is 26.8 Å². The Bertz CT molecular complexity index is 444. The van der Waals surface area contributed by atoms with Crippen LogP contribution in [-0.2, 0) is 0 Å². The van der Waals surface area contributed by atoms with E-state index < -0.39 is 0 Å². The van der Waals surface area contributed by atoms with Crippen LogP contribution in [0.5, 0.6) is 0 Å². The lowest BCUT2D eigenvalue weighted by Gasteiger charge is -2.42. The number of fused-ring (bicyclic) bond motifs is 1. The Morgan fingerprint density at radius 2 is 1.60 bits per heavy atom. The molecule has 1 saturated carbocycles. The fourth-order valence-electron chi connectivity index (χ4n) is 5.37. The predicted molar refractivity (Wildman–Crippen MR) is 104 cm³/mol. The van der Waals surface area contributed by atoms with Crippen LogP contribution in [0.15, 0.2) is 0 Å². The molecule has 0 aromatic heterocycles. The number of carbonyl (C=O) groups is 1. The summed E-state index contributed by atoms with van der Waals surface area (Å²) in [6, 6.07) is 2.49. The lowest BCUT2D eigenvalue weighted by Crippen LogP contribution is -2.51. The van der Waals surface area contributed by atoms with E-state index in [4.69, 9.17) is 0 Å². The molecular weight excluding hydrogens is 310 g/mol. The third-order valence-electron chi connectivity index (χ3n) is 6.94. The molecule has 0 aromatic carbocycles. The summed E-state index contributed by atoms with van der Waals surface area (Å²) < 4.78 is 0. The molecule has 0 spiro atoms. The van der Waals surface area contributed by atoms with Gasteiger partial charge in [-0.05, 0) is 58.3 Å². The zero-order valence-electron chi connectivity index (χ0n) is 16.9. The van der Waals surface area contributed by atoms with E-state index in [1.54, 1.807) is 0 Å². The molecule has 1 aliphatic carbocycles. The third-order valence-corrected chi connectivity index (χ3v) is 6.94. The molecule has 3 atom stereocenters. The summed E-state index contributed by atoms with van der Waals surface area (Å²) in [5.41, 5.74) is 0. The van der Waals surface area contributed by atoms with Crippen molar-refractivity contribution in [3.63, 3.8) is 0 Å². The van der Waals surface area contributed by atoms with E-state index in [2.05, 4.69) is 42.4 Å². The molecule has 2 saturated heterocycles. The molecule has 25 heavy (non-hydrogen) atoms. The molecule has 4 heteroatoms. The number of nitrogens with zero attached hydrogens (tertiary/aromatic N) is 3. The molecule has 1 unspecified atom stereocenters. The van der Waals surface area contributed by atoms with Gasteiger partial charge in [-0.3, -0.25) is 0 Å². The van der Waals surface area contributed by atoms with Crippen molar-refractivity contribution < 1.29 is 4.79 Å². The minimum atomic E-state index is 0.339. The molecule has 2 heterocycles. The minimum Gasteiger partial charge on any atom is -0.320 e. The molecule has 0 radical (unpaired) electrons. The maximum absolute atomic E-state index is 13.0. The van der Waals surface area contributed by atoms with Crippen LogP contribution in [0.25, 0.3) is 0 Å². The second kappa shape index (κ2) is 8.28. The van der Waals surface area contributed by atoms with Gasteiger partial charge < -0.3 is 14.7 Å². The minimum absolute atomic E-state index is 0.339. The summed E-state index contributed by atoms with van der Waals surface area (Å²) in [7, 11) is 0. The highest BCUT2D eigenvalue weighted by molar-refractivity contribution is 5.78. The van der Waals surface area contributed by atoms with Crippen molar-refractivity contribution in [2.75, 3.05) is 19.6 Å². The highest BCUT2D eigenvalue weighted by Gasteiger charge is 2.48. The first-order valence-corrected chi connectivity index (χ1v) is 10.9. The van der Waals surface area contributed by atoms with Crippen molar-refractivity contribution >= 4 is 6.03 Å². The molecule has 144 valence electrons. The van der Waals surface area contributed by atoms with Crippen molar-refractivity contribution in [3.8, 4) is 0 Å². The lowest BCUT2D eigenvalue weighted by molar-refractivity contribution is 0.0821. The Morgan fingerprint density at radius 1 is 0.960 bits per heavy atom. The number of piperidine rings is 1. The van der Waals surface area contributed by atoms with E-state index in [-0.39, 0.29) is 0 Å². The number of urea groups is 1. The summed E-state index contributed by atoms with van der Waals surface area (Å²) in [5.74, 6) is 0.797. The van der Waals surface area contributed by atoms with Crippen LogP contribution in [0.3, 0.4) is 0 Å². The zero-order chi connectivity index (χ0) is 18.0. The number of rotatable bonds is 6. The molecule has 0 aromatic rings. The number of carbonyl (C=O) groups excluding carboxylic acids is 1. The summed E-state index contributed by atoms with van der Waals surface area (Å²) in [6.07, 6.45) is 9.99. The zero-order valence-corrected chi connectivity index (χ0v) is 16.9. The highest BCUT2D eigenvalue weighted by atomic mass is 16.2. The average molecular weight is 350 g/mol. The van der Waals surface area contributed by atoms with E-state index in [1.165, 1.54) is 51.4 Å². The Labute approximate surface area is 154 Å². The maximum Gasteiger partial charge on any atom is 0.320 e. The maximum atomic E-state index is 13.0. The molecule has 2 amide bonds.